The van der Waals surface area contributed by atoms with E-state index in [4.69, 9.17) is 0 Å². The number of aryl methyl sites for hydroxylation is 4. The molecule has 5 aromatic rings. The van der Waals surface area contributed by atoms with Crippen LogP contribution in [0.15, 0.2) is 48.5 Å². The summed E-state index contributed by atoms with van der Waals surface area (Å²) in [5, 5.41) is 2.65. The Bertz CT molecular complexity index is 1480. The first-order chi connectivity index (χ1) is 16.0. The highest BCUT2D eigenvalue weighted by Gasteiger charge is 2.24. The van der Waals surface area contributed by atoms with Crippen molar-refractivity contribution < 1.29 is 0 Å². The summed E-state index contributed by atoms with van der Waals surface area (Å²) in [6.45, 7) is 8.86. The van der Waals surface area contributed by atoms with E-state index in [1.165, 1.54) is 72.3 Å². The van der Waals surface area contributed by atoms with Crippen LogP contribution >= 0.6 is 0 Å². The molecular formula is C30H32N3. The molecule has 3 nitrogen and oxygen atoms in total. The van der Waals surface area contributed by atoms with Gasteiger partial charge in [0.1, 0.15) is 0 Å². The Labute approximate surface area is 196 Å². The maximum Gasteiger partial charge on any atom is 0.0465 e. The van der Waals surface area contributed by atoms with Gasteiger partial charge in [0, 0.05) is 75.2 Å². The van der Waals surface area contributed by atoms with Crippen molar-refractivity contribution in [2.45, 2.75) is 40.5 Å². The SMILES string of the molecule is CCc1cccc2[nH]c(C)c(-c3[c]ccc(N(C)C)c3-c3c(C)[nH]c4cccc(CC)c34)c12. The Morgan fingerprint density at radius 1 is 0.727 bits per heavy atom. The van der Waals surface area contributed by atoms with Gasteiger partial charge in [-0.15, -0.1) is 0 Å². The second-order valence-electron chi connectivity index (χ2n) is 9.14. The third-order valence-corrected chi connectivity index (χ3v) is 6.91. The maximum absolute atomic E-state index is 3.68. The third-order valence-electron chi connectivity index (χ3n) is 6.91. The largest absolute Gasteiger partial charge is 0.377 e. The lowest BCUT2D eigenvalue weighted by atomic mass is 9.87. The van der Waals surface area contributed by atoms with Crippen LogP contribution in [0.1, 0.15) is 36.4 Å². The zero-order valence-electron chi connectivity index (χ0n) is 20.5. The molecule has 0 aliphatic rings. The van der Waals surface area contributed by atoms with Crippen molar-refractivity contribution in [2.75, 3.05) is 19.0 Å². The van der Waals surface area contributed by atoms with Gasteiger partial charge in [-0.25, -0.2) is 0 Å². The van der Waals surface area contributed by atoms with Crippen molar-refractivity contribution in [2.24, 2.45) is 0 Å². The van der Waals surface area contributed by atoms with Gasteiger partial charge in [0.15, 0.2) is 0 Å². The average Bonchev–Trinajstić information content (AvgIpc) is 3.33. The standard InChI is InChI=1S/C30H32N3/c1-7-20-12-9-15-23-28(20)26(18(3)31-23)22-14-11-17-25(33(5)6)30(22)27-19(4)32-24-16-10-13-21(8-2)29(24)27/h9-13,15-17,31-32H,7-8H2,1-6H3. The van der Waals surface area contributed by atoms with Crippen molar-refractivity contribution in [3.8, 4) is 22.3 Å². The highest BCUT2D eigenvalue weighted by molar-refractivity contribution is 6.10. The van der Waals surface area contributed by atoms with E-state index in [-0.39, 0.29) is 0 Å². The molecule has 167 valence electrons. The Morgan fingerprint density at radius 3 is 1.82 bits per heavy atom. The number of rotatable bonds is 5. The molecule has 0 aliphatic carbocycles. The van der Waals surface area contributed by atoms with Crippen LogP contribution in [0.2, 0.25) is 0 Å². The molecule has 0 saturated heterocycles. The first-order valence-electron chi connectivity index (χ1n) is 11.9. The van der Waals surface area contributed by atoms with Crippen LogP contribution in [0.4, 0.5) is 5.69 Å². The number of hydrogen-bond donors (Lipinski definition) is 2. The van der Waals surface area contributed by atoms with Gasteiger partial charge < -0.3 is 14.9 Å². The minimum absolute atomic E-state index is 0.996. The van der Waals surface area contributed by atoms with Crippen LogP contribution in [0, 0.1) is 19.9 Å². The summed E-state index contributed by atoms with van der Waals surface area (Å²) in [7, 11) is 4.26. The van der Waals surface area contributed by atoms with Crippen LogP contribution in [-0.4, -0.2) is 24.1 Å². The van der Waals surface area contributed by atoms with Crippen LogP contribution in [0.5, 0.6) is 0 Å². The lowest BCUT2D eigenvalue weighted by molar-refractivity contribution is 1.13. The minimum atomic E-state index is 0.996. The van der Waals surface area contributed by atoms with Crippen LogP contribution in [-0.2, 0) is 12.8 Å². The van der Waals surface area contributed by atoms with Gasteiger partial charge in [0.2, 0.25) is 0 Å². The van der Waals surface area contributed by atoms with E-state index < -0.39 is 0 Å². The molecule has 0 spiro atoms. The second kappa shape index (κ2) is 8.15. The molecule has 0 atom stereocenters. The summed E-state index contributed by atoms with van der Waals surface area (Å²) in [5.41, 5.74) is 13.7. The van der Waals surface area contributed by atoms with Crippen molar-refractivity contribution in [3.05, 3.63) is 77.1 Å². The second-order valence-corrected chi connectivity index (χ2v) is 9.14. The molecule has 0 saturated carbocycles. The Kier molecular flexibility index (Phi) is 5.28. The molecule has 2 aromatic heterocycles. The molecule has 3 aromatic carbocycles. The van der Waals surface area contributed by atoms with Crippen molar-refractivity contribution >= 4 is 27.5 Å². The van der Waals surface area contributed by atoms with Gasteiger partial charge in [-0.1, -0.05) is 44.2 Å². The molecule has 1 radical (unpaired) electrons. The number of nitrogens with one attached hydrogen (secondary N) is 2. The number of nitrogens with zero attached hydrogens (tertiary/aromatic N) is 1. The Balaban J connectivity index is 1.96. The van der Waals surface area contributed by atoms with Crippen molar-refractivity contribution in [3.63, 3.8) is 0 Å². The predicted octanol–water partition coefficient (Wildman–Crippen LogP) is 7.59. The fourth-order valence-corrected chi connectivity index (χ4v) is 5.43. The Hall–Kier alpha value is -3.46. The zero-order chi connectivity index (χ0) is 23.3. The quantitative estimate of drug-likeness (QED) is 0.294. The lowest BCUT2D eigenvalue weighted by Crippen LogP contribution is -2.11. The van der Waals surface area contributed by atoms with E-state index >= 15 is 0 Å². The summed E-state index contributed by atoms with van der Waals surface area (Å²) in [6, 6.07) is 21.1. The molecule has 0 amide bonds. The van der Waals surface area contributed by atoms with Gasteiger partial charge in [0.25, 0.3) is 0 Å². The number of H-pyrrole nitrogens is 2. The van der Waals surface area contributed by atoms with E-state index in [1.807, 2.05) is 0 Å². The normalized spacial score (nSPS) is 11.6. The zero-order valence-corrected chi connectivity index (χ0v) is 20.5. The molecule has 5 rings (SSSR count). The van der Waals surface area contributed by atoms with Gasteiger partial charge in [-0.05, 0) is 62.1 Å². The number of aromatic nitrogens is 2. The van der Waals surface area contributed by atoms with Gasteiger partial charge in [-0.3, -0.25) is 0 Å². The molecule has 2 N–H and O–H groups in total. The molecule has 0 fully saturated rings. The molecule has 2 heterocycles. The third kappa shape index (κ3) is 3.26. The van der Waals surface area contributed by atoms with Crippen LogP contribution in [0.3, 0.4) is 0 Å². The van der Waals surface area contributed by atoms with Gasteiger partial charge in [-0.2, -0.15) is 0 Å². The van der Waals surface area contributed by atoms with Gasteiger partial charge in [0.05, 0.1) is 0 Å². The van der Waals surface area contributed by atoms with E-state index in [0.29, 0.717) is 0 Å². The number of hydrogen-bond acceptors (Lipinski definition) is 1. The lowest BCUT2D eigenvalue weighted by Gasteiger charge is -2.22. The first kappa shape index (κ1) is 21.4. The minimum Gasteiger partial charge on any atom is -0.377 e. The molecular weight excluding hydrogens is 402 g/mol. The van der Waals surface area contributed by atoms with Crippen molar-refractivity contribution in [1.29, 1.82) is 0 Å². The summed E-state index contributed by atoms with van der Waals surface area (Å²) >= 11 is 0. The summed E-state index contributed by atoms with van der Waals surface area (Å²) < 4.78 is 0. The van der Waals surface area contributed by atoms with Crippen molar-refractivity contribution in [1.82, 2.24) is 9.97 Å². The smallest absolute Gasteiger partial charge is 0.0465 e. The summed E-state index contributed by atoms with van der Waals surface area (Å²) in [4.78, 5) is 9.55. The maximum atomic E-state index is 3.68. The monoisotopic (exact) mass is 434 g/mol. The van der Waals surface area contributed by atoms with Crippen LogP contribution < -0.4 is 4.90 Å². The fourth-order valence-electron chi connectivity index (χ4n) is 5.43. The van der Waals surface area contributed by atoms with E-state index in [0.717, 1.165) is 12.8 Å². The van der Waals surface area contributed by atoms with E-state index in [1.54, 1.807) is 0 Å². The highest BCUT2D eigenvalue weighted by Crippen LogP contribution is 2.47. The molecule has 0 aliphatic heterocycles. The molecule has 0 bridgehead atoms. The molecule has 33 heavy (non-hydrogen) atoms. The van der Waals surface area contributed by atoms with E-state index in [9.17, 15) is 0 Å². The first-order valence-corrected chi connectivity index (χ1v) is 11.9. The number of anilines is 1. The van der Waals surface area contributed by atoms with Gasteiger partial charge >= 0.3 is 0 Å². The summed E-state index contributed by atoms with van der Waals surface area (Å²) in [5.74, 6) is 0. The Morgan fingerprint density at radius 2 is 1.27 bits per heavy atom. The number of aromatic amines is 2. The summed E-state index contributed by atoms with van der Waals surface area (Å²) in [6.07, 6.45) is 1.99. The molecule has 0 unspecified atom stereocenters. The highest BCUT2D eigenvalue weighted by atomic mass is 15.1. The topological polar surface area (TPSA) is 34.8 Å². The van der Waals surface area contributed by atoms with Crippen LogP contribution in [0.25, 0.3) is 44.1 Å². The van der Waals surface area contributed by atoms with E-state index in [2.05, 4.69) is 111 Å². The number of fused-ring (bicyclic) bond motifs is 2. The molecule has 3 heteroatoms. The average molecular weight is 435 g/mol. The fraction of sp³-hybridized carbons (Fsp3) is 0.267. The predicted molar refractivity (Wildman–Crippen MR) is 142 cm³/mol. The number of benzene rings is 3.